The highest BCUT2D eigenvalue weighted by Gasteiger charge is 2.29. The van der Waals surface area contributed by atoms with E-state index in [2.05, 4.69) is 0 Å². The first-order valence-electron chi connectivity index (χ1n) is 5.85. The molecule has 0 saturated heterocycles. The van der Waals surface area contributed by atoms with Gasteiger partial charge in [-0.3, -0.25) is 0 Å². The van der Waals surface area contributed by atoms with Crippen LogP contribution in [0.3, 0.4) is 0 Å². The Kier molecular flexibility index (Phi) is 3.56. The van der Waals surface area contributed by atoms with E-state index < -0.39 is 9.84 Å². The molecule has 0 radical (unpaired) electrons. The third kappa shape index (κ3) is 2.34. The SMILES string of the molecule is CC(C)OCC1=Cc2ccc(CN)cc2S1(=O)=O. The summed E-state index contributed by atoms with van der Waals surface area (Å²) >= 11 is 0. The van der Waals surface area contributed by atoms with Crippen LogP contribution < -0.4 is 5.73 Å². The zero-order valence-corrected chi connectivity index (χ0v) is 11.3. The quantitative estimate of drug-likeness (QED) is 0.901. The fraction of sp³-hybridized carbons (Fsp3) is 0.385. The second-order valence-electron chi connectivity index (χ2n) is 4.55. The molecule has 0 bridgehead atoms. The molecule has 0 saturated carbocycles. The molecule has 2 N–H and O–H groups in total. The summed E-state index contributed by atoms with van der Waals surface area (Å²) in [7, 11) is -3.39. The van der Waals surface area contributed by atoms with Gasteiger partial charge in [-0.25, -0.2) is 8.42 Å². The summed E-state index contributed by atoms with van der Waals surface area (Å²) in [6, 6.07) is 5.28. The number of sulfone groups is 1. The van der Waals surface area contributed by atoms with E-state index in [0.717, 1.165) is 11.1 Å². The minimum Gasteiger partial charge on any atom is -0.373 e. The lowest BCUT2D eigenvalue weighted by molar-refractivity contribution is 0.101. The van der Waals surface area contributed by atoms with Gasteiger partial charge in [-0.1, -0.05) is 12.1 Å². The van der Waals surface area contributed by atoms with Gasteiger partial charge in [0.1, 0.15) is 0 Å². The molecule has 0 amide bonds. The van der Waals surface area contributed by atoms with E-state index in [0.29, 0.717) is 16.3 Å². The molecule has 1 aromatic carbocycles. The van der Waals surface area contributed by atoms with E-state index in [4.69, 9.17) is 10.5 Å². The first-order valence-corrected chi connectivity index (χ1v) is 7.33. The van der Waals surface area contributed by atoms with Gasteiger partial charge >= 0.3 is 0 Å². The van der Waals surface area contributed by atoms with E-state index in [1.54, 1.807) is 18.2 Å². The van der Waals surface area contributed by atoms with Gasteiger partial charge in [0.25, 0.3) is 0 Å². The lowest BCUT2D eigenvalue weighted by Crippen LogP contribution is -2.11. The number of benzene rings is 1. The van der Waals surface area contributed by atoms with Crippen LogP contribution >= 0.6 is 0 Å². The fourth-order valence-electron chi connectivity index (χ4n) is 1.82. The van der Waals surface area contributed by atoms with Crippen molar-refractivity contribution >= 4 is 15.9 Å². The molecule has 18 heavy (non-hydrogen) atoms. The first-order chi connectivity index (χ1) is 8.45. The molecule has 1 aromatic rings. The number of hydrogen-bond donors (Lipinski definition) is 1. The Hall–Kier alpha value is -1.17. The van der Waals surface area contributed by atoms with Crippen LogP contribution in [0, 0.1) is 0 Å². The molecular formula is C13H17NO3S. The van der Waals surface area contributed by atoms with Crippen LogP contribution in [-0.2, 0) is 21.1 Å². The molecule has 1 aliphatic rings. The third-order valence-electron chi connectivity index (χ3n) is 2.82. The number of rotatable bonds is 4. The molecule has 5 heteroatoms. The molecular weight excluding hydrogens is 250 g/mol. The topological polar surface area (TPSA) is 69.4 Å². The highest BCUT2D eigenvalue weighted by Crippen LogP contribution is 2.33. The van der Waals surface area contributed by atoms with Crippen molar-refractivity contribution in [2.45, 2.75) is 31.4 Å². The predicted octanol–water partition coefficient (Wildman–Crippen LogP) is 1.70. The van der Waals surface area contributed by atoms with Crippen LogP contribution in [0.15, 0.2) is 28.0 Å². The summed E-state index contributed by atoms with van der Waals surface area (Å²) in [4.78, 5) is 0.660. The average Bonchev–Trinajstić information content (AvgIpc) is 2.58. The largest absolute Gasteiger partial charge is 0.373 e. The summed E-state index contributed by atoms with van der Waals surface area (Å²) in [5.74, 6) is 0. The Morgan fingerprint density at radius 3 is 2.67 bits per heavy atom. The molecule has 1 aliphatic heterocycles. The Morgan fingerprint density at radius 2 is 2.06 bits per heavy atom. The Balaban J connectivity index is 2.35. The molecule has 0 aromatic heterocycles. The van der Waals surface area contributed by atoms with Gasteiger partial charge < -0.3 is 10.5 Å². The number of hydrogen-bond acceptors (Lipinski definition) is 4. The van der Waals surface area contributed by atoms with Gasteiger partial charge in [-0.2, -0.15) is 0 Å². The van der Waals surface area contributed by atoms with Gasteiger partial charge in [-0.15, -0.1) is 0 Å². The summed E-state index contributed by atoms with van der Waals surface area (Å²) in [5, 5.41) is 0. The van der Waals surface area contributed by atoms with Crippen LogP contribution in [0.1, 0.15) is 25.0 Å². The van der Waals surface area contributed by atoms with Crippen LogP contribution in [0.5, 0.6) is 0 Å². The van der Waals surface area contributed by atoms with Gasteiger partial charge in [0.05, 0.1) is 22.5 Å². The molecule has 0 atom stereocenters. The van der Waals surface area contributed by atoms with Gasteiger partial charge in [-0.05, 0) is 37.1 Å². The van der Waals surface area contributed by atoms with E-state index in [1.807, 2.05) is 19.9 Å². The second-order valence-corrected chi connectivity index (χ2v) is 6.52. The Labute approximate surface area is 107 Å². The van der Waals surface area contributed by atoms with Crippen LogP contribution in [0.4, 0.5) is 0 Å². The van der Waals surface area contributed by atoms with E-state index in [-0.39, 0.29) is 12.7 Å². The average molecular weight is 267 g/mol. The van der Waals surface area contributed by atoms with Gasteiger partial charge in [0.15, 0.2) is 0 Å². The molecule has 0 spiro atoms. The maximum Gasteiger partial charge on any atom is 0.205 e. The first kappa shape index (κ1) is 13.3. The van der Waals surface area contributed by atoms with E-state index >= 15 is 0 Å². The van der Waals surface area contributed by atoms with Crippen LogP contribution in [0.2, 0.25) is 0 Å². The maximum absolute atomic E-state index is 12.3. The molecule has 1 heterocycles. The number of nitrogens with two attached hydrogens (primary N) is 1. The summed E-state index contributed by atoms with van der Waals surface area (Å²) < 4.78 is 29.9. The summed E-state index contributed by atoms with van der Waals surface area (Å²) in [5.41, 5.74) is 7.06. The van der Waals surface area contributed by atoms with Crippen molar-refractivity contribution in [2.24, 2.45) is 5.73 Å². The predicted molar refractivity (Wildman–Crippen MR) is 70.6 cm³/mol. The highest BCUT2D eigenvalue weighted by molar-refractivity contribution is 7.95. The van der Waals surface area contributed by atoms with Crippen molar-refractivity contribution in [3.63, 3.8) is 0 Å². The molecule has 4 nitrogen and oxygen atoms in total. The summed E-state index contributed by atoms with van der Waals surface area (Å²) in [6.45, 7) is 4.21. The molecule has 0 unspecified atom stereocenters. The normalized spacial score (nSPS) is 16.8. The minimum atomic E-state index is -3.39. The van der Waals surface area contributed by atoms with Crippen LogP contribution in [0.25, 0.3) is 6.08 Å². The van der Waals surface area contributed by atoms with Crippen molar-refractivity contribution in [3.05, 3.63) is 34.2 Å². The second kappa shape index (κ2) is 4.84. The van der Waals surface area contributed by atoms with Crippen LogP contribution in [-0.4, -0.2) is 21.1 Å². The van der Waals surface area contributed by atoms with Crippen molar-refractivity contribution in [1.29, 1.82) is 0 Å². The molecule has 98 valence electrons. The van der Waals surface area contributed by atoms with Crippen molar-refractivity contribution in [2.75, 3.05) is 6.61 Å². The highest BCUT2D eigenvalue weighted by atomic mass is 32.2. The van der Waals surface area contributed by atoms with Crippen molar-refractivity contribution in [1.82, 2.24) is 0 Å². The lowest BCUT2D eigenvalue weighted by atomic mass is 10.1. The lowest BCUT2D eigenvalue weighted by Gasteiger charge is -2.08. The maximum atomic E-state index is 12.3. The van der Waals surface area contributed by atoms with E-state index in [1.165, 1.54) is 0 Å². The van der Waals surface area contributed by atoms with Crippen molar-refractivity contribution in [3.8, 4) is 0 Å². The third-order valence-corrected chi connectivity index (χ3v) is 4.68. The molecule has 0 fully saturated rings. The smallest absolute Gasteiger partial charge is 0.205 e. The minimum absolute atomic E-state index is 0.00409. The fourth-order valence-corrected chi connectivity index (χ4v) is 3.35. The standard InChI is InChI=1S/C13H17NO3S/c1-9(2)17-8-12-6-11-4-3-10(7-14)5-13(11)18(12,15)16/h3-6,9H,7-8,14H2,1-2H3. The zero-order valence-electron chi connectivity index (χ0n) is 10.5. The number of fused-ring (bicyclic) bond motifs is 1. The van der Waals surface area contributed by atoms with Gasteiger partial charge in [0, 0.05) is 6.54 Å². The summed E-state index contributed by atoms with van der Waals surface area (Å²) in [6.07, 6.45) is 1.68. The van der Waals surface area contributed by atoms with Crippen molar-refractivity contribution < 1.29 is 13.2 Å². The zero-order chi connectivity index (χ0) is 13.3. The Bertz CT molecular complexity index is 588. The Morgan fingerprint density at radius 1 is 1.33 bits per heavy atom. The van der Waals surface area contributed by atoms with E-state index in [9.17, 15) is 8.42 Å². The molecule has 2 rings (SSSR count). The van der Waals surface area contributed by atoms with Gasteiger partial charge in [0.2, 0.25) is 9.84 Å². The number of ether oxygens (including phenoxy) is 1. The monoisotopic (exact) mass is 267 g/mol. The molecule has 0 aliphatic carbocycles.